The van der Waals surface area contributed by atoms with E-state index in [1.54, 1.807) is 6.20 Å². The third kappa shape index (κ3) is 3.64. The first-order valence-corrected chi connectivity index (χ1v) is 8.92. The zero-order valence-corrected chi connectivity index (χ0v) is 15.3. The van der Waals surface area contributed by atoms with Crippen molar-refractivity contribution in [2.45, 2.75) is 25.4 Å². The lowest BCUT2D eigenvalue weighted by Gasteiger charge is -2.33. The first kappa shape index (κ1) is 17.4. The Morgan fingerprint density at radius 2 is 2.24 bits per heavy atom. The van der Waals surface area contributed by atoms with E-state index in [0.29, 0.717) is 11.2 Å². The van der Waals surface area contributed by atoms with Crippen molar-refractivity contribution in [2.75, 3.05) is 19.4 Å². The number of nitrogens with zero attached hydrogens (tertiary/aromatic N) is 4. The largest absolute Gasteiger partial charge is 0.351 e. The molecule has 25 heavy (non-hydrogen) atoms. The van der Waals surface area contributed by atoms with Gasteiger partial charge in [-0.15, -0.1) is 0 Å². The van der Waals surface area contributed by atoms with E-state index in [9.17, 15) is 4.79 Å². The molecule has 7 nitrogen and oxygen atoms in total. The van der Waals surface area contributed by atoms with Crippen LogP contribution < -0.4 is 11.1 Å². The average Bonchev–Trinajstić information content (AvgIpc) is 3.19. The molecule has 2 amide bonds. The maximum atomic E-state index is 11.0. The first-order chi connectivity index (χ1) is 12.0. The third-order valence-electron chi connectivity index (χ3n) is 4.28. The number of fused-ring (bicyclic) bond motifs is 1. The number of thiazole rings is 1. The van der Waals surface area contributed by atoms with Gasteiger partial charge in [0, 0.05) is 18.4 Å². The van der Waals surface area contributed by atoms with Crippen molar-refractivity contribution in [1.29, 1.82) is 0 Å². The van der Waals surface area contributed by atoms with Crippen molar-refractivity contribution in [2.24, 2.45) is 5.73 Å². The second-order valence-corrected chi connectivity index (χ2v) is 7.16. The summed E-state index contributed by atoms with van der Waals surface area (Å²) in [5.41, 5.74) is 7.21. The normalized spacial score (nSPS) is 13.9. The number of nitrogens with two attached hydrogens (primary N) is 1. The highest BCUT2D eigenvalue weighted by molar-refractivity contribution is 7.22. The number of carbonyl (C=O) groups excluding carboxylic acids is 1. The Kier molecular flexibility index (Phi) is 5.00. The lowest BCUT2D eigenvalue weighted by Crippen LogP contribution is -2.36. The summed E-state index contributed by atoms with van der Waals surface area (Å²) in [5.74, 6) is 0. The van der Waals surface area contributed by atoms with Gasteiger partial charge in [0.05, 0.1) is 22.6 Å². The number of anilines is 1. The summed E-state index contributed by atoms with van der Waals surface area (Å²) >= 11 is 1.42. The molecule has 0 saturated carbocycles. The van der Waals surface area contributed by atoms with Gasteiger partial charge >= 0.3 is 6.03 Å². The zero-order chi connectivity index (χ0) is 18.0. The molecule has 8 heteroatoms. The van der Waals surface area contributed by atoms with Crippen molar-refractivity contribution in [3.63, 3.8) is 0 Å². The van der Waals surface area contributed by atoms with Gasteiger partial charge in [0.2, 0.25) is 0 Å². The molecule has 3 N–H and O–H groups in total. The summed E-state index contributed by atoms with van der Waals surface area (Å²) in [6.45, 7) is 2.19. The van der Waals surface area contributed by atoms with Crippen LogP contribution in [0.3, 0.4) is 0 Å². The van der Waals surface area contributed by atoms with Crippen molar-refractivity contribution >= 4 is 32.7 Å². The zero-order valence-electron chi connectivity index (χ0n) is 14.5. The van der Waals surface area contributed by atoms with Gasteiger partial charge < -0.3 is 15.2 Å². The van der Waals surface area contributed by atoms with E-state index in [4.69, 9.17) is 5.73 Å². The Morgan fingerprint density at radius 1 is 1.44 bits per heavy atom. The van der Waals surface area contributed by atoms with Gasteiger partial charge in [-0.1, -0.05) is 24.3 Å². The van der Waals surface area contributed by atoms with Crippen LogP contribution in [0.4, 0.5) is 9.93 Å². The maximum Gasteiger partial charge on any atom is 0.318 e. The number of benzene rings is 1. The molecule has 2 unspecified atom stereocenters. The van der Waals surface area contributed by atoms with Gasteiger partial charge in [-0.2, -0.15) is 0 Å². The molecule has 2 heterocycles. The van der Waals surface area contributed by atoms with Crippen LogP contribution in [-0.2, 0) is 0 Å². The number of amides is 2. The fourth-order valence-corrected chi connectivity index (χ4v) is 4.10. The summed E-state index contributed by atoms with van der Waals surface area (Å²) in [6.07, 6.45) is 6.65. The van der Waals surface area contributed by atoms with Crippen LogP contribution in [0, 0.1) is 0 Å². The Hall–Kier alpha value is -2.45. The monoisotopic (exact) mass is 358 g/mol. The van der Waals surface area contributed by atoms with Crippen molar-refractivity contribution in [3.8, 4) is 0 Å². The molecule has 0 aliphatic rings. The predicted molar refractivity (Wildman–Crippen MR) is 101 cm³/mol. The third-order valence-corrected chi connectivity index (χ3v) is 5.21. The molecule has 0 radical (unpaired) electrons. The summed E-state index contributed by atoms with van der Waals surface area (Å²) in [7, 11) is 4.19. The quantitative estimate of drug-likeness (QED) is 0.709. The Labute approximate surface area is 150 Å². The standard InChI is InChI=1S/C17H22N6OS/c1-4-13(22(2)3)15(23-8-7-19-10-23)11-5-6-12-14(9-11)25-17(20-12)21-16(18)24/h5-10,13,15H,4H2,1-3H3,(H3,18,20,21,24). The number of hydrogen-bond acceptors (Lipinski definition) is 5. The minimum atomic E-state index is -0.603. The fourth-order valence-electron chi connectivity index (χ4n) is 3.18. The van der Waals surface area contributed by atoms with Crippen LogP contribution in [0.5, 0.6) is 0 Å². The molecule has 0 fully saturated rings. The molecule has 2 aromatic heterocycles. The van der Waals surface area contributed by atoms with Crippen molar-refractivity contribution in [1.82, 2.24) is 19.4 Å². The highest BCUT2D eigenvalue weighted by atomic mass is 32.1. The molecule has 3 aromatic rings. The van der Waals surface area contributed by atoms with E-state index in [1.165, 1.54) is 16.9 Å². The number of imidazole rings is 1. The van der Waals surface area contributed by atoms with E-state index in [1.807, 2.05) is 18.6 Å². The molecule has 0 aliphatic heterocycles. The van der Waals surface area contributed by atoms with Gasteiger partial charge in [-0.25, -0.2) is 14.8 Å². The summed E-state index contributed by atoms with van der Waals surface area (Å²) in [4.78, 5) is 21.9. The van der Waals surface area contributed by atoms with Gasteiger partial charge in [0.25, 0.3) is 0 Å². The summed E-state index contributed by atoms with van der Waals surface area (Å²) in [5, 5.41) is 3.06. The van der Waals surface area contributed by atoms with Crippen LogP contribution >= 0.6 is 11.3 Å². The molecule has 0 aliphatic carbocycles. The highest BCUT2D eigenvalue weighted by Gasteiger charge is 2.25. The van der Waals surface area contributed by atoms with Crippen LogP contribution in [0.2, 0.25) is 0 Å². The Morgan fingerprint density at radius 3 is 2.84 bits per heavy atom. The molecule has 2 atom stereocenters. The smallest absolute Gasteiger partial charge is 0.318 e. The lowest BCUT2D eigenvalue weighted by molar-refractivity contribution is 0.227. The molecule has 0 bridgehead atoms. The number of urea groups is 1. The number of aromatic nitrogens is 3. The van der Waals surface area contributed by atoms with Crippen LogP contribution in [0.25, 0.3) is 10.2 Å². The number of rotatable bonds is 6. The minimum Gasteiger partial charge on any atom is -0.351 e. The van der Waals surface area contributed by atoms with E-state index in [2.05, 4.69) is 57.9 Å². The number of nitrogens with one attached hydrogen (secondary N) is 1. The van der Waals surface area contributed by atoms with Crippen molar-refractivity contribution in [3.05, 3.63) is 42.5 Å². The van der Waals surface area contributed by atoms with Crippen LogP contribution in [-0.4, -0.2) is 45.6 Å². The maximum absolute atomic E-state index is 11.0. The highest BCUT2D eigenvalue weighted by Crippen LogP contribution is 2.32. The van der Waals surface area contributed by atoms with E-state index >= 15 is 0 Å². The topological polar surface area (TPSA) is 89.1 Å². The van der Waals surface area contributed by atoms with Gasteiger partial charge in [-0.3, -0.25) is 5.32 Å². The summed E-state index contributed by atoms with van der Waals surface area (Å²) < 4.78 is 3.15. The second-order valence-electron chi connectivity index (χ2n) is 6.13. The minimum absolute atomic E-state index is 0.140. The SMILES string of the molecule is CCC(C(c1ccc2nc(NC(N)=O)sc2c1)n1ccnc1)N(C)C. The molecule has 132 valence electrons. The van der Waals surface area contributed by atoms with E-state index < -0.39 is 6.03 Å². The van der Waals surface area contributed by atoms with Crippen molar-refractivity contribution < 1.29 is 4.79 Å². The lowest BCUT2D eigenvalue weighted by atomic mass is 9.96. The van der Waals surface area contributed by atoms with Gasteiger partial charge in [-0.05, 0) is 38.2 Å². The molecule has 1 aromatic carbocycles. The number of primary amides is 1. The molecule has 0 spiro atoms. The number of carbonyl (C=O) groups is 1. The Balaban J connectivity index is 2.04. The first-order valence-electron chi connectivity index (χ1n) is 8.10. The molecule has 0 saturated heterocycles. The summed E-state index contributed by atoms with van der Waals surface area (Å²) in [6, 6.07) is 6.07. The van der Waals surface area contributed by atoms with Gasteiger partial charge in [0.15, 0.2) is 5.13 Å². The average molecular weight is 358 g/mol. The molecule has 3 rings (SSSR count). The molecular weight excluding hydrogens is 336 g/mol. The van der Waals surface area contributed by atoms with E-state index in [-0.39, 0.29) is 6.04 Å². The van der Waals surface area contributed by atoms with Crippen LogP contribution in [0.15, 0.2) is 36.9 Å². The Bertz CT molecular complexity index is 857. The van der Waals surface area contributed by atoms with Crippen LogP contribution in [0.1, 0.15) is 24.9 Å². The predicted octanol–water partition coefficient (Wildman–Crippen LogP) is 2.91. The second kappa shape index (κ2) is 7.20. The number of hydrogen-bond donors (Lipinski definition) is 2. The molecular formula is C17H22N6OS. The fraction of sp³-hybridized carbons (Fsp3) is 0.353. The van der Waals surface area contributed by atoms with E-state index in [0.717, 1.165) is 16.6 Å². The number of likely N-dealkylation sites (N-methyl/N-ethyl adjacent to an activating group) is 1. The van der Waals surface area contributed by atoms with Gasteiger partial charge in [0.1, 0.15) is 0 Å².